The monoisotopic (exact) mass is 315 g/mol. The van der Waals surface area contributed by atoms with E-state index >= 15 is 0 Å². The number of aliphatic imine (C=N–C) groups is 1. The third-order valence-electron chi connectivity index (χ3n) is 4.24. The molecule has 1 aliphatic rings. The van der Waals surface area contributed by atoms with Gasteiger partial charge in [0.25, 0.3) is 0 Å². The topological polar surface area (TPSA) is 65.2 Å². The number of aryl methyl sites for hydroxylation is 1. The first-order valence-corrected chi connectivity index (χ1v) is 8.32. The molecule has 0 aromatic carbocycles. The SMILES string of the molecule is CCNC(=NCc1cn2c(C)cccc2n1)N1CCC(O)CC1. The molecule has 6 nitrogen and oxygen atoms in total. The van der Waals surface area contributed by atoms with Crippen LogP contribution in [0.4, 0.5) is 0 Å². The Kier molecular flexibility index (Phi) is 4.81. The summed E-state index contributed by atoms with van der Waals surface area (Å²) < 4.78 is 2.09. The zero-order valence-electron chi connectivity index (χ0n) is 13.9. The minimum Gasteiger partial charge on any atom is -0.393 e. The standard InChI is InChI=1S/C17H25N5O/c1-3-18-17(21-9-7-15(23)8-10-21)19-11-14-12-22-13(2)5-4-6-16(22)20-14/h4-6,12,15,23H,3,7-11H2,1-2H3,(H,18,19). The summed E-state index contributed by atoms with van der Waals surface area (Å²) in [5.41, 5.74) is 3.09. The summed E-state index contributed by atoms with van der Waals surface area (Å²) >= 11 is 0. The van der Waals surface area contributed by atoms with E-state index in [1.54, 1.807) is 0 Å². The maximum atomic E-state index is 9.65. The van der Waals surface area contributed by atoms with Crippen LogP contribution in [0.2, 0.25) is 0 Å². The average molecular weight is 315 g/mol. The number of hydrogen-bond acceptors (Lipinski definition) is 3. The minimum atomic E-state index is -0.171. The molecule has 1 saturated heterocycles. The predicted octanol–water partition coefficient (Wildman–Crippen LogP) is 1.56. The molecule has 0 atom stereocenters. The van der Waals surface area contributed by atoms with Crippen LogP contribution in [0.5, 0.6) is 0 Å². The molecule has 0 spiro atoms. The van der Waals surface area contributed by atoms with Gasteiger partial charge in [0.1, 0.15) is 5.65 Å². The molecule has 0 bridgehead atoms. The predicted molar refractivity (Wildman–Crippen MR) is 91.6 cm³/mol. The molecule has 23 heavy (non-hydrogen) atoms. The first-order chi connectivity index (χ1) is 11.2. The Morgan fingerprint density at radius 2 is 2.17 bits per heavy atom. The van der Waals surface area contributed by atoms with Gasteiger partial charge < -0.3 is 19.7 Å². The number of likely N-dealkylation sites (tertiary alicyclic amines) is 1. The largest absolute Gasteiger partial charge is 0.393 e. The summed E-state index contributed by atoms with van der Waals surface area (Å²) in [5, 5.41) is 13.0. The third-order valence-corrected chi connectivity index (χ3v) is 4.24. The molecule has 124 valence electrons. The highest BCUT2D eigenvalue weighted by Crippen LogP contribution is 2.12. The van der Waals surface area contributed by atoms with Gasteiger partial charge in [-0.1, -0.05) is 6.07 Å². The van der Waals surface area contributed by atoms with E-state index in [9.17, 15) is 5.11 Å². The summed E-state index contributed by atoms with van der Waals surface area (Å²) in [6.07, 6.45) is 3.49. The number of aromatic nitrogens is 2. The van der Waals surface area contributed by atoms with Gasteiger partial charge in [0.2, 0.25) is 0 Å². The molecule has 1 aliphatic heterocycles. The lowest BCUT2D eigenvalue weighted by Gasteiger charge is -2.32. The molecule has 0 saturated carbocycles. The van der Waals surface area contributed by atoms with Crippen LogP contribution >= 0.6 is 0 Å². The van der Waals surface area contributed by atoms with Crippen molar-refractivity contribution in [2.75, 3.05) is 19.6 Å². The van der Waals surface area contributed by atoms with E-state index in [2.05, 4.69) is 45.7 Å². The first kappa shape index (κ1) is 15.8. The molecule has 3 heterocycles. The lowest BCUT2D eigenvalue weighted by atomic mass is 10.1. The van der Waals surface area contributed by atoms with Crippen LogP contribution in [-0.2, 0) is 6.54 Å². The van der Waals surface area contributed by atoms with Crippen molar-refractivity contribution in [1.29, 1.82) is 0 Å². The van der Waals surface area contributed by atoms with E-state index in [1.807, 2.05) is 12.1 Å². The second-order valence-corrected chi connectivity index (χ2v) is 6.02. The summed E-state index contributed by atoms with van der Waals surface area (Å²) in [6, 6.07) is 6.11. The molecule has 1 fully saturated rings. The normalized spacial score (nSPS) is 17.0. The van der Waals surface area contributed by atoms with Crippen LogP contribution in [0.25, 0.3) is 5.65 Å². The van der Waals surface area contributed by atoms with E-state index in [4.69, 9.17) is 4.99 Å². The van der Waals surface area contributed by atoms with Crippen LogP contribution in [0.1, 0.15) is 31.2 Å². The van der Waals surface area contributed by atoms with Crippen molar-refractivity contribution in [3.63, 3.8) is 0 Å². The van der Waals surface area contributed by atoms with Crippen molar-refractivity contribution >= 4 is 11.6 Å². The van der Waals surface area contributed by atoms with Gasteiger partial charge in [-0.15, -0.1) is 0 Å². The fraction of sp³-hybridized carbons (Fsp3) is 0.529. The van der Waals surface area contributed by atoms with Crippen LogP contribution < -0.4 is 5.32 Å². The number of aliphatic hydroxyl groups is 1. The molecular weight excluding hydrogens is 290 g/mol. The molecular formula is C17H25N5O. The number of piperidine rings is 1. The number of hydrogen-bond donors (Lipinski definition) is 2. The second-order valence-electron chi connectivity index (χ2n) is 6.02. The molecule has 2 aromatic rings. The fourth-order valence-electron chi connectivity index (χ4n) is 2.93. The van der Waals surface area contributed by atoms with Gasteiger partial charge in [-0.25, -0.2) is 9.98 Å². The van der Waals surface area contributed by atoms with Crippen molar-refractivity contribution in [3.8, 4) is 0 Å². The Morgan fingerprint density at radius 1 is 1.39 bits per heavy atom. The number of imidazole rings is 1. The van der Waals surface area contributed by atoms with Gasteiger partial charge in [0.05, 0.1) is 18.3 Å². The second kappa shape index (κ2) is 7.00. The van der Waals surface area contributed by atoms with Gasteiger partial charge in [-0.2, -0.15) is 0 Å². The average Bonchev–Trinajstić information content (AvgIpc) is 2.97. The number of nitrogens with zero attached hydrogens (tertiary/aromatic N) is 4. The molecule has 2 N–H and O–H groups in total. The van der Waals surface area contributed by atoms with Crippen LogP contribution in [0.3, 0.4) is 0 Å². The van der Waals surface area contributed by atoms with E-state index in [0.717, 1.165) is 49.8 Å². The van der Waals surface area contributed by atoms with Crippen LogP contribution in [0, 0.1) is 6.92 Å². The van der Waals surface area contributed by atoms with Gasteiger partial charge in [-0.3, -0.25) is 0 Å². The minimum absolute atomic E-state index is 0.171. The van der Waals surface area contributed by atoms with E-state index in [-0.39, 0.29) is 6.10 Å². The quantitative estimate of drug-likeness (QED) is 0.666. The summed E-state index contributed by atoms with van der Waals surface area (Å²) in [5.74, 6) is 0.910. The molecule has 6 heteroatoms. The van der Waals surface area contributed by atoms with Crippen molar-refractivity contribution in [1.82, 2.24) is 19.6 Å². The fourth-order valence-corrected chi connectivity index (χ4v) is 2.93. The number of pyridine rings is 1. The molecule has 0 amide bonds. The van der Waals surface area contributed by atoms with Crippen LogP contribution in [-0.4, -0.2) is 51.1 Å². The number of nitrogens with one attached hydrogen (secondary N) is 1. The number of rotatable bonds is 3. The van der Waals surface area contributed by atoms with Gasteiger partial charge in [0.15, 0.2) is 5.96 Å². The molecule has 0 unspecified atom stereocenters. The molecule has 0 radical (unpaired) electrons. The van der Waals surface area contributed by atoms with Crippen molar-refractivity contribution in [3.05, 3.63) is 35.8 Å². The smallest absolute Gasteiger partial charge is 0.194 e. The molecule has 3 rings (SSSR count). The highest BCUT2D eigenvalue weighted by atomic mass is 16.3. The summed E-state index contributed by atoms with van der Waals surface area (Å²) in [4.78, 5) is 11.6. The number of fused-ring (bicyclic) bond motifs is 1. The molecule has 2 aromatic heterocycles. The number of aliphatic hydroxyl groups excluding tert-OH is 1. The summed E-state index contributed by atoms with van der Waals surface area (Å²) in [7, 11) is 0. The third kappa shape index (κ3) is 3.64. The maximum Gasteiger partial charge on any atom is 0.194 e. The molecule has 0 aliphatic carbocycles. The van der Waals surface area contributed by atoms with Crippen molar-refractivity contribution in [2.24, 2.45) is 4.99 Å². The van der Waals surface area contributed by atoms with E-state index in [0.29, 0.717) is 6.54 Å². The Labute approximate surface area is 136 Å². The van der Waals surface area contributed by atoms with E-state index in [1.165, 1.54) is 5.69 Å². The Hall–Kier alpha value is -2.08. The van der Waals surface area contributed by atoms with Crippen molar-refractivity contribution < 1.29 is 5.11 Å². The number of guanidine groups is 1. The summed E-state index contributed by atoms with van der Waals surface area (Å²) in [6.45, 7) is 7.23. The maximum absolute atomic E-state index is 9.65. The zero-order chi connectivity index (χ0) is 16.2. The van der Waals surface area contributed by atoms with Gasteiger partial charge >= 0.3 is 0 Å². The highest BCUT2D eigenvalue weighted by molar-refractivity contribution is 5.80. The Morgan fingerprint density at radius 3 is 2.87 bits per heavy atom. The lowest BCUT2D eigenvalue weighted by Crippen LogP contribution is -2.46. The first-order valence-electron chi connectivity index (χ1n) is 8.32. The zero-order valence-corrected chi connectivity index (χ0v) is 13.9. The van der Waals surface area contributed by atoms with Gasteiger partial charge in [0, 0.05) is 31.5 Å². The van der Waals surface area contributed by atoms with Crippen molar-refractivity contribution in [2.45, 2.75) is 39.3 Å². The van der Waals surface area contributed by atoms with Gasteiger partial charge in [-0.05, 0) is 38.8 Å². The Bertz CT molecular complexity index is 685. The van der Waals surface area contributed by atoms with E-state index < -0.39 is 0 Å². The highest BCUT2D eigenvalue weighted by Gasteiger charge is 2.19. The Balaban J connectivity index is 1.75. The lowest BCUT2D eigenvalue weighted by molar-refractivity contribution is 0.108. The van der Waals surface area contributed by atoms with Crippen LogP contribution in [0.15, 0.2) is 29.4 Å².